The standard InChI is InChI=1S/C11H10ClF3N4/c1-2-19-4-3-16-9(19)6-7-5-8(11(13,14)15)18-10(12)17-7/h3-5H,2,6H2,1H3. The number of hydrogen-bond acceptors (Lipinski definition) is 3. The molecule has 102 valence electrons. The predicted octanol–water partition coefficient (Wildman–Crippen LogP) is 2.96. The number of hydrogen-bond donors (Lipinski definition) is 0. The highest BCUT2D eigenvalue weighted by atomic mass is 35.5. The van der Waals surface area contributed by atoms with Crippen LogP contribution in [-0.4, -0.2) is 19.5 Å². The first-order chi connectivity index (χ1) is 8.90. The van der Waals surface area contributed by atoms with E-state index in [0.29, 0.717) is 12.4 Å². The van der Waals surface area contributed by atoms with Crippen molar-refractivity contribution in [2.75, 3.05) is 0 Å². The molecule has 0 aliphatic rings. The van der Waals surface area contributed by atoms with Gasteiger partial charge in [-0.15, -0.1) is 0 Å². The lowest BCUT2D eigenvalue weighted by Gasteiger charge is -2.08. The molecule has 2 rings (SSSR count). The molecule has 0 atom stereocenters. The molecule has 0 amide bonds. The van der Waals surface area contributed by atoms with Gasteiger partial charge in [-0.25, -0.2) is 15.0 Å². The highest BCUT2D eigenvalue weighted by Gasteiger charge is 2.33. The lowest BCUT2D eigenvalue weighted by molar-refractivity contribution is -0.141. The average molecular weight is 291 g/mol. The van der Waals surface area contributed by atoms with Gasteiger partial charge in [-0.05, 0) is 24.6 Å². The minimum atomic E-state index is -4.54. The Balaban J connectivity index is 2.33. The van der Waals surface area contributed by atoms with E-state index >= 15 is 0 Å². The van der Waals surface area contributed by atoms with Crippen molar-refractivity contribution in [2.45, 2.75) is 26.1 Å². The van der Waals surface area contributed by atoms with E-state index in [9.17, 15) is 13.2 Å². The van der Waals surface area contributed by atoms with E-state index < -0.39 is 17.2 Å². The maximum Gasteiger partial charge on any atom is 0.433 e. The summed E-state index contributed by atoms with van der Waals surface area (Å²) in [5.41, 5.74) is -0.856. The Hall–Kier alpha value is -1.63. The molecule has 0 bridgehead atoms. The zero-order valence-corrected chi connectivity index (χ0v) is 10.7. The van der Waals surface area contributed by atoms with Crippen LogP contribution in [0.25, 0.3) is 0 Å². The van der Waals surface area contributed by atoms with Gasteiger partial charge in [-0.2, -0.15) is 13.2 Å². The number of nitrogens with zero attached hydrogens (tertiary/aromatic N) is 4. The normalized spacial score (nSPS) is 11.8. The molecule has 2 heterocycles. The SMILES string of the molecule is CCn1ccnc1Cc1cc(C(F)(F)F)nc(Cl)n1. The summed E-state index contributed by atoms with van der Waals surface area (Å²) in [7, 11) is 0. The second kappa shape index (κ2) is 5.16. The van der Waals surface area contributed by atoms with E-state index in [1.54, 1.807) is 12.4 Å². The van der Waals surface area contributed by atoms with Crippen molar-refractivity contribution in [3.05, 3.63) is 41.0 Å². The maximum absolute atomic E-state index is 12.6. The number of halogens is 4. The third kappa shape index (κ3) is 3.23. The highest BCUT2D eigenvalue weighted by molar-refractivity contribution is 6.28. The fourth-order valence-corrected chi connectivity index (χ4v) is 1.86. The number of alkyl halides is 3. The van der Waals surface area contributed by atoms with E-state index in [1.165, 1.54) is 0 Å². The fraction of sp³-hybridized carbons (Fsp3) is 0.364. The summed E-state index contributed by atoms with van der Waals surface area (Å²) < 4.78 is 39.6. The Morgan fingerprint density at radius 2 is 2.05 bits per heavy atom. The predicted molar refractivity (Wildman–Crippen MR) is 62.8 cm³/mol. The molecule has 2 aromatic heterocycles. The number of aromatic nitrogens is 4. The smallest absolute Gasteiger partial charge is 0.335 e. The second-order valence-electron chi connectivity index (χ2n) is 3.82. The van der Waals surface area contributed by atoms with Crippen LogP contribution in [0.1, 0.15) is 24.1 Å². The zero-order chi connectivity index (χ0) is 14.0. The molecule has 0 fully saturated rings. The molecule has 0 saturated carbocycles. The Labute approximate surface area is 112 Å². The molecule has 0 aliphatic heterocycles. The van der Waals surface area contributed by atoms with Crippen molar-refractivity contribution >= 4 is 11.6 Å². The Morgan fingerprint density at radius 3 is 2.68 bits per heavy atom. The van der Waals surface area contributed by atoms with Gasteiger partial charge in [-0.3, -0.25) is 0 Å². The van der Waals surface area contributed by atoms with Gasteiger partial charge in [0.1, 0.15) is 11.5 Å². The first kappa shape index (κ1) is 13.8. The third-order valence-electron chi connectivity index (χ3n) is 2.52. The zero-order valence-electron chi connectivity index (χ0n) is 9.95. The lowest BCUT2D eigenvalue weighted by Crippen LogP contribution is -2.11. The van der Waals surface area contributed by atoms with Crippen molar-refractivity contribution in [2.24, 2.45) is 0 Å². The average Bonchev–Trinajstić information content (AvgIpc) is 2.74. The summed E-state index contributed by atoms with van der Waals surface area (Å²) in [6.07, 6.45) is -1.03. The summed E-state index contributed by atoms with van der Waals surface area (Å²) in [6, 6.07) is 0.889. The van der Waals surface area contributed by atoms with Gasteiger partial charge in [0, 0.05) is 25.4 Å². The van der Waals surface area contributed by atoms with E-state index in [-0.39, 0.29) is 12.1 Å². The summed E-state index contributed by atoms with van der Waals surface area (Å²) in [5, 5.41) is -0.417. The summed E-state index contributed by atoms with van der Waals surface area (Å²) in [6.45, 7) is 2.60. The van der Waals surface area contributed by atoms with E-state index in [2.05, 4.69) is 15.0 Å². The fourth-order valence-electron chi connectivity index (χ4n) is 1.66. The van der Waals surface area contributed by atoms with Crippen molar-refractivity contribution in [3.63, 3.8) is 0 Å². The van der Waals surface area contributed by atoms with Crippen molar-refractivity contribution in [3.8, 4) is 0 Å². The monoisotopic (exact) mass is 290 g/mol. The largest absolute Gasteiger partial charge is 0.433 e. The van der Waals surface area contributed by atoms with Crippen LogP contribution in [0.3, 0.4) is 0 Å². The third-order valence-corrected chi connectivity index (χ3v) is 2.69. The number of imidazole rings is 1. The topological polar surface area (TPSA) is 43.6 Å². The molecule has 8 heteroatoms. The van der Waals surface area contributed by atoms with Crippen LogP contribution in [0.15, 0.2) is 18.5 Å². The van der Waals surface area contributed by atoms with Crippen LogP contribution in [0.2, 0.25) is 5.28 Å². The van der Waals surface area contributed by atoms with Crippen LogP contribution >= 0.6 is 11.6 Å². The van der Waals surface area contributed by atoms with Gasteiger partial charge in [0.05, 0.1) is 5.69 Å². The molecular weight excluding hydrogens is 281 g/mol. The quantitative estimate of drug-likeness (QED) is 0.816. The first-order valence-corrected chi connectivity index (χ1v) is 5.88. The summed E-state index contributed by atoms with van der Waals surface area (Å²) in [4.78, 5) is 11.1. The Bertz CT molecular complexity index is 580. The van der Waals surface area contributed by atoms with Crippen molar-refractivity contribution < 1.29 is 13.2 Å². The van der Waals surface area contributed by atoms with Crippen molar-refractivity contribution in [1.29, 1.82) is 0 Å². The molecule has 0 saturated heterocycles. The molecule has 0 spiro atoms. The van der Waals surface area contributed by atoms with Gasteiger partial charge >= 0.3 is 6.18 Å². The molecule has 0 unspecified atom stereocenters. The molecular formula is C11H10ClF3N4. The Morgan fingerprint density at radius 1 is 1.32 bits per heavy atom. The van der Waals surface area contributed by atoms with Crippen molar-refractivity contribution in [1.82, 2.24) is 19.5 Å². The Kier molecular flexibility index (Phi) is 3.75. The van der Waals surface area contributed by atoms with Crippen LogP contribution in [0, 0.1) is 0 Å². The van der Waals surface area contributed by atoms with Gasteiger partial charge in [0.25, 0.3) is 0 Å². The number of rotatable bonds is 3. The van der Waals surface area contributed by atoms with E-state index in [1.807, 2.05) is 11.5 Å². The van der Waals surface area contributed by atoms with Crippen LogP contribution < -0.4 is 0 Å². The molecule has 2 aromatic rings. The van der Waals surface area contributed by atoms with E-state index in [0.717, 1.165) is 6.07 Å². The van der Waals surface area contributed by atoms with Gasteiger partial charge in [0.15, 0.2) is 0 Å². The van der Waals surface area contributed by atoms with E-state index in [4.69, 9.17) is 11.6 Å². The molecule has 4 nitrogen and oxygen atoms in total. The van der Waals surface area contributed by atoms with Crippen LogP contribution in [-0.2, 0) is 19.1 Å². The lowest BCUT2D eigenvalue weighted by atomic mass is 10.2. The molecule has 0 aromatic carbocycles. The summed E-state index contributed by atoms with van der Waals surface area (Å²) in [5.74, 6) is 0.630. The molecule has 0 radical (unpaired) electrons. The maximum atomic E-state index is 12.6. The van der Waals surface area contributed by atoms with Gasteiger partial charge in [0.2, 0.25) is 5.28 Å². The second-order valence-corrected chi connectivity index (χ2v) is 4.16. The minimum Gasteiger partial charge on any atom is -0.335 e. The molecule has 0 aliphatic carbocycles. The first-order valence-electron chi connectivity index (χ1n) is 5.51. The van der Waals surface area contributed by atoms with Crippen LogP contribution in [0.5, 0.6) is 0 Å². The van der Waals surface area contributed by atoms with Gasteiger partial charge < -0.3 is 4.57 Å². The highest BCUT2D eigenvalue weighted by Crippen LogP contribution is 2.28. The molecule has 19 heavy (non-hydrogen) atoms. The number of aryl methyl sites for hydroxylation is 1. The van der Waals surface area contributed by atoms with Gasteiger partial charge in [-0.1, -0.05) is 0 Å². The molecule has 0 N–H and O–H groups in total. The summed E-state index contributed by atoms with van der Waals surface area (Å²) >= 11 is 5.52. The minimum absolute atomic E-state index is 0.173. The van der Waals surface area contributed by atoms with Crippen LogP contribution in [0.4, 0.5) is 13.2 Å².